The predicted octanol–water partition coefficient (Wildman–Crippen LogP) is 1.94. The number of piperidine rings is 1. The zero-order valence-corrected chi connectivity index (χ0v) is 13.0. The smallest absolute Gasteiger partial charge is 0.329 e. The molecule has 21 heavy (non-hydrogen) atoms. The number of likely N-dealkylation sites (tertiary alicyclic amines) is 2. The second-order valence-corrected chi connectivity index (χ2v) is 5.87. The summed E-state index contributed by atoms with van der Waals surface area (Å²) < 4.78 is 5.59. The van der Waals surface area contributed by atoms with Crippen LogP contribution in [0.5, 0.6) is 0 Å². The van der Waals surface area contributed by atoms with Gasteiger partial charge in [0.05, 0.1) is 6.10 Å². The van der Waals surface area contributed by atoms with E-state index in [-0.39, 0.29) is 12.1 Å². The number of carbonyl (C=O) groups is 2. The third-order valence-electron chi connectivity index (χ3n) is 4.82. The number of aliphatic carboxylic acids is 1. The van der Waals surface area contributed by atoms with E-state index in [0.717, 1.165) is 19.3 Å². The quantitative estimate of drug-likeness (QED) is 0.861. The SMILES string of the molecule is CCOC1CCN(C(=O)N2CCCC2(CC)C(=O)O)CC1. The number of hydrogen-bond donors (Lipinski definition) is 1. The van der Waals surface area contributed by atoms with Gasteiger partial charge in [0.1, 0.15) is 5.54 Å². The molecule has 0 aromatic carbocycles. The Morgan fingerprint density at radius 1 is 1.24 bits per heavy atom. The van der Waals surface area contributed by atoms with Crippen LogP contribution in [-0.2, 0) is 9.53 Å². The molecule has 1 atom stereocenters. The van der Waals surface area contributed by atoms with Crippen molar-refractivity contribution in [3.8, 4) is 0 Å². The highest BCUT2D eigenvalue weighted by molar-refractivity contribution is 5.87. The van der Waals surface area contributed by atoms with E-state index >= 15 is 0 Å². The van der Waals surface area contributed by atoms with Gasteiger partial charge in [-0.25, -0.2) is 9.59 Å². The van der Waals surface area contributed by atoms with Gasteiger partial charge >= 0.3 is 12.0 Å². The number of amides is 2. The molecule has 2 amide bonds. The summed E-state index contributed by atoms with van der Waals surface area (Å²) in [5.74, 6) is -0.875. The fraction of sp³-hybridized carbons (Fsp3) is 0.867. The molecular weight excluding hydrogens is 272 g/mol. The normalized spacial score (nSPS) is 27.1. The maximum absolute atomic E-state index is 12.7. The molecule has 0 aliphatic carbocycles. The molecule has 2 saturated heterocycles. The second kappa shape index (κ2) is 6.64. The van der Waals surface area contributed by atoms with Crippen molar-refractivity contribution in [3.05, 3.63) is 0 Å². The number of urea groups is 1. The molecule has 2 aliphatic rings. The van der Waals surface area contributed by atoms with Crippen LogP contribution in [0.15, 0.2) is 0 Å². The monoisotopic (exact) mass is 298 g/mol. The van der Waals surface area contributed by atoms with E-state index in [9.17, 15) is 14.7 Å². The Hall–Kier alpha value is -1.30. The highest BCUT2D eigenvalue weighted by Gasteiger charge is 2.49. The van der Waals surface area contributed by atoms with Gasteiger partial charge in [-0.05, 0) is 39.0 Å². The zero-order chi connectivity index (χ0) is 15.5. The molecule has 6 heteroatoms. The Balaban J connectivity index is 2.01. The Bertz CT molecular complexity index is 393. The summed E-state index contributed by atoms with van der Waals surface area (Å²) >= 11 is 0. The van der Waals surface area contributed by atoms with E-state index < -0.39 is 11.5 Å². The topological polar surface area (TPSA) is 70.1 Å². The van der Waals surface area contributed by atoms with Gasteiger partial charge in [-0.15, -0.1) is 0 Å². The summed E-state index contributed by atoms with van der Waals surface area (Å²) in [5, 5.41) is 9.56. The van der Waals surface area contributed by atoms with Gasteiger partial charge in [-0.1, -0.05) is 6.92 Å². The molecule has 2 fully saturated rings. The highest BCUT2D eigenvalue weighted by atomic mass is 16.5. The van der Waals surface area contributed by atoms with Crippen LogP contribution in [0.1, 0.15) is 46.0 Å². The van der Waals surface area contributed by atoms with Gasteiger partial charge in [0.25, 0.3) is 0 Å². The minimum Gasteiger partial charge on any atom is -0.479 e. The molecule has 6 nitrogen and oxygen atoms in total. The van der Waals surface area contributed by atoms with Crippen molar-refractivity contribution in [2.75, 3.05) is 26.2 Å². The number of carboxylic acids is 1. The van der Waals surface area contributed by atoms with Gasteiger partial charge in [-0.3, -0.25) is 0 Å². The van der Waals surface area contributed by atoms with Crippen molar-refractivity contribution in [1.29, 1.82) is 0 Å². The maximum atomic E-state index is 12.7. The minimum atomic E-state index is -1.01. The number of hydrogen-bond acceptors (Lipinski definition) is 3. The first-order valence-electron chi connectivity index (χ1n) is 7.96. The number of rotatable bonds is 4. The average molecular weight is 298 g/mol. The number of carbonyl (C=O) groups excluding carboxylic acids is 1. The molecule has 0 spiro atoms. The van der Waals surface area contributed by atoms with Crippen molar-refractivity contribution in [2.45, 2.75) is 57.6 Å². The number of carboxylic acid groups (broad SMARTS) is 1. The van der Waals surface area contributed by atoms with Gasteiger partial charge in [0, 0.05) is 26.2 Å². The van der Waals surface area contributed by atoms with Crippen molar-refractivity contribution < 1.29 is 19.4 Å². The molecule has 120 valence electrons. The fourth-order valence-corrected chi connectivity index (χ4v) is 3.52. The van der Waals surface area contributed by atoms with E-state index in [0.29, 0.717) is 39.1 Å². The summed E-state index contributed by atoms with van der Waals surface area (Å²) in [6.45, 7) is 6.37. The summed E-state index contributed by atoms with van der Waals surface area (Å²) in [4.78, 5) is 27.7. The molecule has 0 saturated carbocycles. The van der Waals surface area contributed by atoms with Gasteiger partial charge in [0.15, 0.2) is 0 Å². The van der Waals surface area contributed by atoms with Crippen LogP contribution in [0.3, 0.4) is 0 Å². The first kappa shape index (κ1) is 16.1. The Kier molecular flexibility index (Phi) is 5.08. The Morgan fingerprint density at radius 2 is 1.90 bits per heavy atom. The van der Waals surface area contributed by atoms with Gasteiger partial charge in [-0.2, -0.15) is 0 Å². The molecule has 1 N–H and O–H groups in total. The van der Waals surface area contributed by atoms with Crippen LogP contribution in [0.2, 0.25) is 0 Å². The largest absolute Gasteiger partial charge is 0.479 e. The lowest BCUT2D eigenvalue weighted by atomic mass is 9.93. The number of ether oxygens (including phenoxy) is 1. The van der Waals surface area contributed by atoms with E-state index in [1.165, 1.54) is 0 Å². The predicted molar refractivity (Wildman–Crippen MR) is 78.2 cm³/mol. The number of nitrogens with zero attached hydrogens (tertiary/aromatic N) is 2. The van der Waals surface area contributed by atoms with Gasteiger partial charge < -0.3 is 19.6 Å². The molecular formula is C15H26N2O4. The van der Waals surface area contributed by atoms with Gasteiger partial charge in [0.2, 0.25) is 0 Å². The molecule has 1 unspecified atom stereocenters. The lowest BCUT2D eigenvalue weighted by molar-refractivity contribution is -0.148. The van der Waals surface area contributed by atoms with Crippen molar-refractivity contribution >= 4 is 12.0 Å². The van der Waals surface area contributed by atoms with Crippen molar-refractivity contribution in [1.82, 2.24) is 9.80 Å². The third-order valence-corrected chi connectivity index (χ3v) is 4.82. The van der Waals surface area contributed by atoms with Crippen molar-refractivity contribution in [2.24, 2.45) is 0 Å². The third kappa shape index (κ3) is 3.00. The Morgan fingerprint density at radius 3 is 2.43 bits per heavy atom. The molecule has 0 bridgehead atoms. The van der Waals surface area contributed by atoms with Crippen LogP contribution in [0, 0.1) is 0 Å². The maximum Gasteiger partial charge on any atom is 0.329 e. The Labute approximate surface area is 126 Å². The van der Waals surface area contributed by atoms with Crippen LogP contribution in [-0.4, -0.2) is 64.8 Å². The molecule has 0 aromatic heterocycles. The summed E-state index contributed by atoms with van der Waals surface area (Å²) in [5.41, 5.74) is -1.01. The first-order valence-corrected chi connectivity index (χ1v) is 7.96. The lowest BCUT2D eigenvalue weighted by Crippen LogP contribution is -2.57. The molecule has 2 aliphatic heterocycles. The van der Waals surface area contributed by atoms with E-state index in [4.69, 9.17) is 4.74 Å². The molecule has 0 radical (unpaired) electrons. The zero-order valence-electron chi connectivity index (χ0n) is 13.0. The molecule has 2 rings (SSSR count). The first-order chi connectivity index (χ1) is 10.0. The lowest BCUT2D eigenvalue weighted by Gasteiger charge is -2.40. The standard InChI is InChI=1S/C15H26N2O4/c1-3-15(13(18)19)8-5-9-17(15)14(20)16-10-6-12(7-11-16)21-4-2/h12H,3-11H2,1-2H3,(H,18,19). The fourth-order valence-electron chi connectivity index (χ4n) is 3.52. The van der Waals surface area contributed by atoms with Crippen LogP contribution < -0.4 is 0 Å². The van der Waals surface area contributed by atoms with E-state index in [2.05, 4.69) is 0 Å². The summed E-state index contributed by atoms with van der Waals surface area (Å²) in [7, 11) is 0. The average Bonchev–Trinajstić information content (AvgIpc) is 2.93. The molecule has 2 heterocycles. The van der Waals surface area contributed by atoms with Crippen LogP contribution in [0.25, 0.3) is 0 Å². The van der Waals surface area contributed by atoms with E-state index in [1.54, 1.807) is 9.80 Å². The van der Waals surface area contributed by atoms with Crippen LogP contribution in [0.4, 0.5) is 4.79 Å². The highest BCUT2D eigenvalue weighted by Crippen LogP contribution is 2.34. The second-order valence-electron chi connectivity index (χ2n) is 5.87. The van der Waals surface area contributed by atoms with Crippen molar-refractivity contribution in [3.63, 3.8) is 0 Å². The summed E-state index contributed by atoms with van der Waals surface area (Å²) in [6, 6.07) is -0.119. The summed E-state index contributed by atoms with van der Waals surface area (Å²) in [6.07, 6.45) is 3.68. The minimum absolute atomic E-state index is 0.119. The molecule has 0 aromatic rings. The van der Waals surface area contributed by atoms with E-state index in [1.807, 2.05) is 13.8 Å². The van der Waals surface area contributed by atoms with Crippen LogP contribution >= 0.6 is 0 Å².